The first-order valence-corrected chi connectivity index (χ1v) is 7.18. The molecule has 106 valence electrons. The van der Waals surface area contributed by atoms with Crippen molar-refractivity contribution in [1.82, 2.24) is 4.90 Å². The van der Waals surface area contributed by atoms with Gasteiger partial charge in [-0.1, -0.05) is 58.0 Å². The van der Waals surface area contributed by atoms with Crippen LogP contribution in [0.25, 0.3) is 0 Å². The maximum absolute atomic E-state index is 12.3. The molecule has 0 spiro atoms. The fourth-order valence-corrected chi connectivity index (χ4v) is 3.00. The van der Waals surface area contributed by atoms with Crippen molar-refractivity contribution in [1.29, 1.82) is 0 Å². The number of allylic oxidation sites excluding steroid dienone is 2. The van der Waals surface area contributed by atoms with E-state index in [4.69, 9.17) is 62.7 Å². The van der Waals surface area contributed by atoms with Crippen molar-refractivity contribution >= 4 is 69.6 Å². The van der Waals surface area contributed by atoms with Gasteiger partial charge in [-0.3, -0.25) is 9.59 Å². The van der Waals surface area contributed by atoms with Crippen LogP contribution in [0, 0.1) is 0 Å². The smallest absolute Gasteiger partial charge is 0.222 e. The molecule has 1 aliphatic carbocycles. The van der Waals surface area contributed by atoms with Crippen molar-refractivity contribution in [2.75, 3.05) is 26.3 Å². The van der Waals surface area contributed by atoms with Crippen molar-refractivity contribution in [3.05, 3.63) is 10.7 Å². The minimum absolute atomic E-state index is 0.0584. The van der Waals surface area contributed by atoms with Gasteiger partial charge in [0.2, 0.25) is 20.2 Å². The summed E-state index contributed by atoms with van der Waals surface area (Å²) in [7, 11) is 0. The average Bonchev–Trinajstić information content (AvgIpc) is 2.37. The molecule has 19 heavy (non-hydrogen) atoms. The van der Waals surface area contributed by atoms with E-state index < -0.39 is 20.2 Å². The fraction of sp³-hybridized carbons (Fsp3) is 0.600. The summed E-state index contributed by atoms with van der Waals surface area (Å²) in [5, 5.41) is -0.353. The summed E-state index contributed by atoms with van der Waals surface area (Å²) in [6.45, 7) is 1.59. The number of halogens is 5. The number of Topliss-reactive ketones (excluding diaryl/α,β-unsaturated/α-hetero) is 2. The Morgan fingerprint density at radius 1 is 0.947 bits per heavy atom. The molecule has 2 rings (SSSR count). The molecule has 0 saturated carbocycles. The Morgan fingerprint density at radius 3 is 1.95 bits per heavy atom. The van der Waals surface area contributed by atoms with Crippen LogP contribution in [0.4, 0.5) is 0 Å². The van der Waals surface area contributed by atoms with E-state index in [2.05, 4.69) is 0 Å². The topological polar surface area (TPSA) is 46.6 Å². The highest BCUT2D eigenvalue weighted by Crippen LogP contribution is 2.51. The predicted octanol–water partition coefficient (Wildman–Crippen LogP) is 2.27. The number of alkyl halides is 4. The van der Waals surface area contributed by atoms with Gasteiger partial charge in [-0.25, -0.2) is 0 Å². The Labute approximate surface area is 134 Å². The molecule has 1 fully saturated rings. The maximum atomic E-state index is 12.3. The summed E-state index contributed by atoms with van der Waals surface area (Å²) < 4.78 is 0.575. The molecular weight excluding hydrogens is 359 g/mol. The van der Waals surface area contributed by atoms with E-state index in [1.807, 2.05) is 0 Å². The fourth-order valence-electron chi connectivity index (χ4n) is 1.85. The number of nitrogens with zero attached hydrogens (tertiary/aromatic N) is 1. The quantitative estimate of drug-likeness (QED) is 0.667. The molecule has 1 heterocycles. The highest BCUT2D eigenvalue weighted by atomic mass is 35.5. The van der Waals surface area contributed by atoms with Crippen molar-refractivity contribution in [3.63, 3.8) is 0 Å². The standard InChI is InChI=1S/C10H8Cl5NO3/c11-5-6(16-1-3-19-4-2-16)8(18)10(14,15)9(12,13)7(5)17/h1-4H2. The third-order valence-corrected chi connectivity index (χ3v) is 5.47. The highest BCUT2D eigenvalue weighted by Gasteiger charge is 2.63. The summed E-state index contributed by atoms with van der Waals surface area (Å²) in [4.78, 5) is 25.9. The van der Waals surface area contributed by atoms with Crippen LogP contribution in [0.15, 0.2) is 10.7 Å². The van der Waals surface area contributed by atoms with E-state index in [0.717, 1.165) is 0 Å². The molecule has 4 nitrogen and oxygen atoms in total. The van der Waals surface area contributed by atoms with Gasteiger partial charge in [-0.2, -0.15) is 0 Å². The first kappa shape index (κ1) is 15.7. The van der Waals surface area contributed by atoms with E-state index >= 15 is 0 Å². The van der Waals surface area contributed by atoms with Crippen LogP contribution in [0.5, 0.6) is 0 Å². The molecule has 0 atom stereocenters. The SMILES string of the molecule is O=C1C(Cl)=C(N2CCOCC2)C(=O)C(Cl)(Cl)C1(Cl)Cl. The first-order valence-electron chi connectivity index (χ1n) is 5.29. The van der Waals surface area contributed by atoms with Gasteiger partial charge in [0.05, 0.1) is 13.2 Å². The second kappa shape index (κ2) is 5.24. The van der Waals surface area contributed by atoms with Crippen molar-refractivity contribution in [3.8, 4) is 0 Å². The van der Waals surface area contributed by atoms with Crippen LogP contribution >= 0.6 is 58.0 Å². The van der Waals surface area contributed by atoms with Crippen LogP contribution in [-0.4, -0.2) is 51.4 Å². The zero-order valence-electron chi connectivity index (χ0n) is 9.39. The largest absolute Gasteiger partial charge is 0.378 e. The van der Waals surface area contributed by atoms with Gasteiger partial charge < -0.3 is 9.64 Å². The van der Waals surface area contributed by atoms with Gasteiger partial charge in [0.15, 0.2) is 0 Å². The van der Waals surface area contributed by atoms with Crippen LogP contribution in [-0.2, 0) is 14.3 Å². The lowest BCUT2D eigenvalue weighted by Gasteiger charge is -2.39. The van der Waals surface area contributed by atoms with Gasteiger partial charge in [-0.15, -0.1) is 0 Å². The predicted molar refractivity (Wildman–Crippen MR) is 74.2 cm³/mol. The van der Waals surface area contributed by atoms with Gasteiger partial charge in [-0.05, 0) is 0 Å². The second-order valence-corrected chi connectivity index (χ2v) is 7.10. The second-order valence-electron chi connectivity index (χ2n) is 4.07. The number of hydrogen-bond donors (Lipinski definition) is 0. The molecule has 1 aliphatic heterocycles. The molecule has 1 saturated heterocycles. The van der Waals surface area contributed by atoms with E-state index in [1.165, 1.54) is 0 Å². The third-order valence-electron chi connectivity index (χ3n) is 2.91. The van der Waals surface area contributed by atoms with E-state index in [9.17, 15) is 9.59 Å². The van der Waals surface area contributed by atoms with Crippen molar-refractivity contribution < 1.29 is 14.3 Å². The lowest BCUT2D eigenvalue weighted by atomic mass is 9.98. The number of ketones is 2. The number of carbonyl (C=O) groups excluding carboxylic acids is 2. The molecule has 0 unspecified atom stereocenters. The third kappa shape index (κ3) is 2.37. The number of rotatable bonds is 1. The molecule has 0 bridgehead atoms. The molecule has 0 aromatic rings. The maximum Gasteiger partial charge on any atom is 0.222 e. The van der Waals surface area contributed by atoms with Gasteiger partial charge in [0.1, 0.15) is 10.7 Å². The summed E-state index contributed by atoms with van der Waals surface area (Å²) >= 11 is 29.2. The lowest BCUT2D eigenvalue weighted by Crippen LogP contribution is -2.56. The summed E-state index contributed by atoms with van der Waals surface area (Å²) in [5.41, 5.74) is -0.0584. The molecule has 0 aromatic carbocycles. The van der Waals surface area contributed by atoms with Crippen LogP contribution in [0.1, 0.15) is 0 Å². The normalized spacial score (nSPS) is 26.9. The monoisotopic (exact) mass is 365 g/mol. The molecule has 0 amide bonds. The Bertz CT molecular complexity index is 468. The molecule has 0 N–H and O–H groups in total. The van der Waals surface area contributed by atoms with E-state index in [-0.39, 0.29) is 10.7 Å². The Hall–Kier alpha value is 0.290. The molecular formula is C10H8Cl5NO3. The van der Waals surface area contributed by atoms with Crippen molar-refractivity contribution in [2.45, 2.75) is 8.67 Å². The minimum Gasteiger partial charge on any atom is -0.378 e. The zero-order chi connectivity index (χ0) is 14.4. The lowest BCUT2D eigenvalue weighted by molar-refractivity contribution is -0.125. The first-order chi connectivity index (χ1) is 8.71. The highest BCUT2D eigenvalue weighted by molar-refractivity contribution is 6.78. The van der Waals surface area contributed by atoms with Crippen LogP contribution < -0.4 is 0 Å². The molecule has 0 radical (unpaired) electrons. The van der Waals surface area contributed by atoms with Crippen LogP contribution in [0.3, 0.4) is 0 Å². The average molecular weight is 367 g/mol. The van der Waals surface area contributed by atoms with Crippen LogP contribution in [0.2, 0.25) is 0 Å². The van der Waals surface area contributed by atoms with Gasteiger partial charge in [0, 0.05) is 13.1 Å². The molecule has 9 heteroatoms. The van der Waals surface area contributed by atoms with Gasteiger partial charge >= 0.3 is 0 Å². The van der Waals surface area contributed by atoms with Gasteiger partial charge in [0.25, 0.3) is 0 Å². The number of ether oxygens (including phenoxy) is 1. The summed E-state index contributed by atoms with van der Waals surface area (Å²) in [6.07, 6.45) is 0. The van der Waals surface area contributed by atoms with E-state index in [0.29, 0.717) is 26.3 Å². The van der Waals surface area contributed by atoms with E-state index in [1.54, 1.807) is 4.90 Å². The Morgan fingerprint density at radius 2 is 1.42 bits per heavy atom. The summed E-state index contributed by atoms with van der Waals surface area (Å²) in [5.74, 6) is -1.67. The summed E-state index contributed by atoms with van der Waals surface area (Å²) in [6, 6.07) is 0. The number of morpholine rings is 1. The Balaban J connectivity index is 2.50. The minimum atomic E-state index is -2.31. The Kier molecular flexibility index (Phi) is 4.33. The molecule has 0 aromatic heterocycles. The number of carbonyl (C=O) groups is 2. The number of hydrogen-bond acceptors (Lipinski definition) is 4. The zero-order valence-corrected chi connectivity index (χ0v) is 13.2. The molecule has 2 aliphatic rings. The van der Waals surface area contributed by atoms with Crippen molar-refractivity contribution in [2.24, 2.45) is 0 Å².